The van der Waals surface area contributed by atoms with Gasteiger partial charge in [-0.05, 0) is 36.4 Å². The van der Waals surface area contributed by atoms with Gasteiger partial charge in [-0.2, -0.15) is 0 Å². The quantitative estimate of drug-likeness (QED) is 0.351. The van der Waals surface area contributed by atoms with Crippen LogP contribution in [0.2, 0.25) is 0 Å². The molecular formula is C21H31IN4OS. The number of aryl methyl sites for hydroxylation is 2. The van der Waals surface area contributed by atoms with Crippen LogP contribution in [-0.4, -0.2) is 50.8 Å². The Kier molecular flexibility index (Phi) is 9.70. The minimum atomic E-state index is 0. The molecule has 0 amide bonds. The molecule has 5 nitrogen and oxygen atoms in total. The van der Waals surface area contributed by atoms with Gasteiger partial charge in [-0.25, -0.2) is 0 Å². The summed E-state index contributed by atoms with van der Waals surface area (Å²) in [7, 11) is 1.83. The number of nitrogens with one attached hydrogen (secondary N) is 2. The number of guanidine groups is 1. The highest BCUT2D eigenvalue weighted by Gasteiger charge is 2.22. The first-order valence-corrected chi connectivity index (χ1v) is 10.4. The van der Waals surface area contributed by atoms with Crippen molar-refractivity contribution in [1.29, 1.82) is 0 Å². The Morgan fingerprint density at radius 3 is 2.46 bits per heavy atom. The van der Waals surface area contributed by atoms with E-state index in [0.29, 0.717) is 6.04 Å². The predicted octanol–water partition coefficient (Wildman–Crippen LogP) is 3.72. The molecule has 3 rings (SSSR count). The minimum absolute atomic E-state index is 0. The topological polar surface area (TPSA) is 48.9 Å². The van der Waals surface area contributed by atoms with Crippen LogP contribution in [0.4, 0.5) is 0 Å². The second-order valence-electron chi connectivity index (χ2n) is 6.91. The van der Waals surface area contributed by atoms with Crippen LogP contribution in [0.1, 0.15) is 27.6 Å². The monoisotopic (exact) mass is 514 g/mol. The molecule has 0 bridgehead atoms. The zero-order valence-corrected chi connectivity index (χ0v) is 20.1. The average molecular weight is 514 g/mol. The van der Waals surface area contributed by atoms with Gasteiger partial charge in [-0.3, -0.25) is 9.89 Å². The number of thiophene rings is 1. The van der Waals surface area contributed by atoms with Crippen LogP contribution >= 0.6 is 35.3 Å². The second-order valence-corrected chi connectivity index (χ2v) is 7.91. The van der Waals surface area contributed by atoms with E-state index in [2.05, 4.69) is 70.1 Å². The number of hydrogen-bond acceptors (Lipinski definition) is 4. The number of benzene rings is 1. The summed E-state index contributed by atoms with van der Waals surface area (Å²) >= 11 is 1.78. The SMILES string of the molecule is CN=C(NCc1sccc1C)NCC(c1ccc(C)cc1)N1CCOCC1.I. The van der Waals surface area contributed by atoms with E-state index in [1.54, 1.807) is 11.3 Å². The van der Waals surface area contributed by atoms with E-state index in [1.165, 1.54) is 21.6 Å². The number of rotatable bonds is 6. The van der Waals surface area contributed by atoms with Crippen molar-refractivity contribution in [1.82, 2.24) is 15.5 Å². The van der Waals surface area contributed by atoms with Crippen molar-refractivity contribution in [2.45, 2.75) is 26.4 Å². The van der Waals surface area contributed by atoms with Gasteiger partial charge in [-0.1, -0.05) is 29.8 Å². The number of morpholine rings is 1. The summed E-state index contributed by atoms with van der Waals surface area (Å²) in [5.74, 6) is 0.841. The van der Waals surface area contributed by atoms with Crippen molar-refractivity contribution in [2.24, 2.45) is 4.99 Å². The number of hydrogen-bond donors (Lipinski definition) is 2. The van der Waals surface area contributed by atoms with Crippen LogP contribution in [0, 0.1) is 13.8 Å². The van der Waals surface area contributed by atoms with Crippen molar-refractivity contribution in [3.05, 3.63) is 57.3 Å². The van der Waals surface area contributed by atoms with E-state index in [0.717, 1.165) is 45.4 Å². The van der Waals surface area contributed by atoms with Crippen molar-refractivity contribution in [2.75, 3.05) is 39.9 Å². The highest BCUT2D eigenvalue weighted by molar-refractivity contribution is 14.0. The van der Waals surface area contributed by atoms with E-state index in [1.807, 2.05) is 7.05 Å². The fourth-order valence-corrected chi connectivity index (χ4v) is 4.14. The van der Waals surface area contributed by atoms with E-state index < -0.39 is 0 Å². The maximum absolute atomic E-state index is 5.55. The Labute approximate surface area is 189 Å². The molecule has 7 heteroatoms. The maximum Gasteiger partial charge on any atom is 0.191 e. The lowest BCUT2D eigenvalue weighted by atomic mass is 10.0. The molecular weight excluding hydrogens is 483 g/mol. The lowest BCUT2D eigenvalue weighted by Crippen LogP contribution is -2.46. The summed E-state index contributed by atoms with van der Waals surface area (Å²) in [6.45, 7) is 9.41. The molecule has 2 heterocycles. The molecule has 0 aliphatic carbocycles. The first-order valence-electron chi connectivity index (χ1n) is 9.53. The van der Waals surface area contributed by atoms with Crippen LogP contribution in [0.25, 0.3) is 0 Å². The van der Waals surface area contributed by atoms with Gasteiger partial charge in [0.15, 0.2) is 5.96 Å². The van der Waals surface area contributed by atoms with Crippen LogP contribution in [-0.2, 0) is 11.3 Å². The number of ether oxygens (including phenoxy) is 1. The smallest absolute Gasteiger partial charge is 0.191 e. The lowest BCUT2D eigenvalue weighted by molar-refractivity contribution is 0.0170. The summed E-state index contributed by atoms with van der Waals surface area (Å²) in [5.41, 5.74) is 3.95. The molecule has 2 N–H and O–H groups in total. The van der Waals surface area contributed by atoms with E-state index >= 15 is 0 Å². The van der Waals surface area contributed by atoms with Gasteiger partial charge >= 0.3 is 0 Å². The fraction of sp³-hybridized carbons (Fsp3) is 0.476. The molecule has 0 saturated carbocycles. The van der Waals surface area contributed by atoms with Crippen LogP contribution in [0.5, 0.6) is 0 Å². The molecule has 28 heavy (non-hydrogen) atoms. The zero-order valence-electron chi connectivity index (χ0n) is 16.9. The van der Waals surface area contributed by atoms with Crippen LogP contribution in [0.15, 0.2) is 40.7 Å². The first-order chi connectivity index (χ1) is 13.2. The molecule has 1 atom stereocenters. The Morgan fingerprint density at radius 1 is 1.14 bits per heavy atom. The lowest BCUT2D eigenvalue weighted by Gasteiger charge is -2.35. The normalized spacial score (nSPS) is 16.3. The Hall–Kier alpha value is -1.16. The number of nitrogens with zero attached hydrogens (tertiary/aromatic N) is 2. The highest BCUT2D eigenvalue weighted by Crippen LogP contribution is 2.22. The van der Waals surface area contributed by atoms with Crippen molar-refractivity contribution in [3.63, 3.8) is 0 Å². The van der Waals surface area contributed by atoms with Gasteiger partial charge in [0.2, 0.25) is 0 Å². The third-order valence-corrected chi connectivity index (χ3v) is 6.04. The zero-order chi connectivity index (χ0) is 19.1. The standard InChI is InChI=1S/C21H30N4OS.HI/c1-16-4-6-18(7-5-16)19(25-9-11-26-12-10-25)14-23-21(22-3)24-15-20-17(2)8-13-27-20;/h4-8,13,19H,9-12,14-15H2,1-3H3,(H2,22,23,24);1H. The summed E-state index contributed by atoms with van der Waals surface area (Å²) < 4.78 is 5.55. The molecule has 0 radical (unpaired) electrons. The molecule has 2 aromatic rings. The van der Waals surface area contributed by atoms with Crippen molar-refractivity contribution >= 4 is 41.3 Å². The molecule has 1 aromatic carbocycles. The van der Waals surface area contributed by atoms with Gasteiger partial charge in [0.1, 0.15) is 0 Å². The molecule has 1 aliphatic rings. The second kappa shape index (κ2) is 11.7. The molecule has 1 fully saturated rings. The highest BCUT2D eigenvalue weighted by atomic mass is 127. The van der Waals surface area contributed by atoms with Gasteiger partial charge in [0.25, 0.3) is 0 Å². The molecule has 1 unspecified atom stereocenters. The average Bonchev–Trinajstić information content (AvgIpc) is 3.11. The first kappa shape index (κ1) is 23.1. The third kappa shape index (κ3) is 6.43. The van der Waals surface area contributed by atoms with Crippen molar-refractivity contribution < 1.29 is 4.74 Å². The third-order valence-electron chi connectivity index (χ3n) is 5.02. The largest absolute Gasteiger partial charge is 0.379 e. The Morgan fingerprint density at radius 2 is 1.86 bits per heavy atom. The van der Waals surface area contributed by atoms with Crippen LogP contribution < -0.4 is 10.6 Å². The Bertz CT molecular complexity index is 741. The van der Waals surface area contributed by atoms with Gasteiger partial charge in [0.05, 0.1) is 25.8 Å². The van der Waals surface area contributed by atoms with Gasteiger partial charge in [0, 0.05) is 31.6 Å². The predicted molar refractivity (Wildman–Crippen MR) is 129 cm³/mol. The Balaban J connectivity index is 0.00000280. The van der Waals surface area contributed by atoms with E-state index in [-0.39, 0.29) is 24.0 Å². The van der Waals surface area contributed by atoms with E-state index in [9.17, 15) is 0 Å². The van der Waals surface area contributed by atoms with Crippen molar-refractivity contribution in [3.8, 4) is 0 Å². The summed E-state index contributed by atoms with van der Waals surface area (Å²) in [4.78, 5) is 8.24. The maximum atomic E-state index is 5.55. The molecule has 0 spiro atoms. The molecule has 1 aromatic heterocycles. The summed E-state index contributed by atoms with van der Waals surface area (Å²) in [6.07, 6.45) is 0. The molecule has 154 valence electrons. The summed E-state index contributed by atoms with van der Waals surface area (Å²) in [5, 5.41) is 9.09. The number of halogens is 1. The number of aliphatic imine (C=N–C) groups is 1. The van der Waals surface area contributed by atoms with Gasteiger partial charge < -0.3 is 15.4 Å². The van der Waals surface area contributed by atoms with Crippen LogP contribution in [0.3, 0.4) is 0 Å². The minimum Gasteiger partial charge on any atom is -0.379 e. The fourth-order valence-electron chi connectivity index (χ4n) is 3.30. The van der Waals surface area contributed by atoms with Gasteiger partial charge in [-0.15, -0.1) is 35.3 Å². The molecule has 1 aliphatic heterocycles. The summed E-state index contributed by atoms with van der Waals surface area (Å²) in [6, 6.07) is 11.3. The van der Waals surface area contributed by atoms with E-state index in [4.69, 9.17) is 4.74 Å². The molecule has 1 saturated heterocycles.